The highest BCUT2D eigenvalue weighted by Gasteiger charge is 2.41. The van der Waals surface area contributed by atoms with E-state index >= 15 is 0 Å². The van der Waals surface area contributed by atoms with Crippen molar-refractivity contribution in [2.24, 2.45) is 0 Å². The fraction of sp³-hybridized carbons (Fsp3) is 0.333. The van der Waals surface area contributed by atoms with Gasteiger partial charge in [-0.1, -0.05) is 60.7 Å². The molecule has 0 aromatic heterocycles. The first kappa shape index (κ1) is 13.3. The second-order valence-electron chi connectivity index (χ2n) is 5.77. The molecule has 2 heteroatoms. The van der Waals surface area contributed by atoms with Gasteiger partial charge in [-0.25, -0.2) is 0 Å². The molecule has 1 aliphatic heterocycles. The molecule has 0 radical (unpaired) electrons. The zero-order chi connectivity index (χ0) is 14.1. The van der Waals surface area contributed by atoms with Crippen molar-refractivity contribution in [2.75, 3.05) is 13.2 Å². The summed E-state index contributed by atoms with van der Waals surface area (Å²) in [4.78, 5) is 0. The van der Waals surface area contributed by atoms with Crippen molar-refractivity contribution in [3.8, 4) is 0 Å². The lowest BCUT2D eigenvalue weighted by Crippen LogP contribution is -2.47. The molecule has 2 aromatic carbocycles. The Balaban J connectivity index is 1.80. The van der Waals surface area contributed by atoms with Gasteiger partial charge in [-0.05, 0) is 25.0 Å². The van der Waals surface area contributed by atoms with Gasteiger partial charge in [-0.15, -0.1) is 0 Å². The van der Waals surface area contributed by atoms with E-state index in [9.17, 15) is 0 Å². The minimum absolute atomic E-state index is 0.366. The van der Waals surface area contributed by atoms with Gasteiger partial charge in [0.2, 0.25) is 0 Å². The van der Waals surface area contributed by atoms with Crippen LogP contribution in [0.5, 0.6) is 0 Å². The standard InChI is InChI=1S/C18H20O2/c1-17(15-9-5-3-6-10-15)13-20-18(2,14-19-17)16-11-7-4-8-12-16/h3-12H,13-14H2,1-2H3. The molecule has 2 nitrogen and oxygen atoms in total. The molecular weight excluding hydrogens is 248 g/mol. The Bertz CT molecular complexity index is 501. The highest BCUT2D eigenvalue weighted by molar-refractivity contribution is 5.25. The van der Waals surface area contributed by atoms with Crippen LogP contribution in [0.3, 0.4) is 0 Å². The van der Waals surface area contributed by atoms with Gasteiger partial charge in [0, 0.05) is 0 Å². The topological polar surface area (TPSA) is 18.5 Å². The second-order valence-corrected chi connectivity index (χ2v) is 5.77. The maximum absolute atomic E-state index is 6.20. The molecule has 2 unspecified atom stereocenters. The third-order valence-electron chi connectivity index (χ3n) is 4.10. The Labute approximate surface area is 120 Å². The van der Waals surface area contributed by atoms with Crippen LogP contribution in [0.1, 0.15) is 25.0 Å². The molecule has 0 saturated carbocycles. The summed E-state index contributed by atoms with van der Waals surface area (Å²) in [5.41, 5.74) is 1.59. The molecule has 0 amide bonds. The first-order valence-corrected chi connectivity index (χ1v) is 7.01. The lowest BCUT2D eigenvalue weighted by molar-refractivity contribution is -0.233. The number of ether oxygens (including phenoxy) is 2. The molecule has 20 heavy (non-hydrogen) atoms. The lowest BCUT2D eigenvalue weighted by Gasteiger charge is -2.43. The van der Waals surface area contributed by atoms with Gasteiger partial charge in [-0.2, -0.15) is 0 Å². The SMILES string of the molecule is CC1(c2ccccc2)COC(C)(c2ccccc2)CO1. The van der Waals surface area contributed by atoms with E-state index in [1.807, 2.05) is 36.4 Å². The van der Waals surface area contributed by atoms with Gasteiger partial charge < -0.3 is 9.47 Å². The van der Waals surface area contributed by atoms with Gasteiger partial charge in [0.15, 0.2) is 0 Å². The molecule has 2 aromatic rings. The minimum atomic E-state index is -0.366. The monoisotopic (exact) mass is 268 g/mol. The third-order valence-corrected chi connectivity index (χ3v) is 4.10. The lowest BCUT2D eigenvalue weighted by atomic mass is 9.91. The first-order chi connectivity index (χ1) is 9.62. The average Bonchev–Trinajstić information content (AvgIpc) is 2.52. The predicted molar refractivity (Wildman–Crippen MR) is 79.5 cm³/mol. The summed E-state index contributed by atoms with van der Waals surface area (Å²) in [6, 6.07) is 20.6. The number of rotatable bonds is 2. The summed E-state index contributed by atoms with van der Waals surface area (Å²) >= 11 is 0. The summed E-state index contributed by atoms with van der Waals surface area (Å²) in [7, 11) is 0. The molecule has 3 rings (SSSR count). The first-order valence-electron chi connectivity index (χ1n) is 7.01. The molecule has 0 spiro atoms. The van der Waals surface area contributed by atoms with E-state index in [0.717, 1.165) is 11.1 Å². The van der Waals surface area contributed by atoms with Crippen LogP contribution in [0.2, 0.25) is 0 Å². The summed E-state index contributed by atoms with van der Waals surface area (Å²) in [6.07, 6.45) is 0. The van der Waals surface area contributed by atoms with Crippen molar-refractivity contribution < 1.29 is 9.47 Å². The third kappa shape index (κ3) is 2.37. The van der Waals surface area contributed by atoms with Crippen LogP contribution in [0.25, 0.3) is 0 Å². The van der Waals surface area contributed by atoms with Crippen molar-refractivity contribution in [1.29, 1.82) is 0 Å². The maximum atomic E-state index is 6.20. The van der Waals surface area contributed by atoms with E-state index in [1.54, 1.807) is 0 Å². The van der Waals surface area contributed by atoms with E-state index in [-0.39, 0.29) is 11.2 Å². The molecule has 0 bridgehead atoms. The van der Waals surface area contributed by atoms with Crippen LogP contribution in [-0.2, 0) is 20.7 Å². The van der Waals surface area contributed by atoms with Crippen molar-refractivity contribution in [2.45, 2.75) is 25.0 Å². The predicted octanol–water partition coefficient (Wildman–Crippen LogP) is 3.86. The van der Waals surface area contributed by atoms with Gasteiger partial charge in [-0.3, -0.25) is 0 Å². The molecule has 1 saturated heterocycles. The van der Waals surface area contributed by atoms with Crippen LogP contribution in [0, 0.1) is 0 Å². The molecule has 104 valence electrons. The van der Waals surface area contributed by atoms with Crippen LogP contribution in [-0.4, -0.2) is 13.2 Å². The van der Waals surface area contributed by atoms with Crippen molar-refractivity contribution in [1.82, 2.24) is 0 Å². The van der Waals surface area contributed by atoms with Gasteiger partial charge in [0.05, 0.1) is 13.2 Å². The van der Waals surface area contributed by atoms with Gasteiger partial charge in [0.25, 0.3) is 0 Å². The Kier molecular flexibility index (Phi) is 3.36. The summed E-state index contributed by atoms with van der Waals surface area (Å²) in [5, 5.41) is 0. The van der Waals surface area contributed by atoms with E-state index in [1.165, 1.54) is 0 Å². The molecule has 0 N–H and O–H groups in total. The van der Waals surface area contributed by atoms with Crippen LogP contribution >= 0.6 is 0 Å². The van der Waals surface area contributed by atoms with Gasteiger partial charge >= 0.3 is 0 Å². The number of benzene rings is 2. The highest BCUT2D eigenvalue weighted by Crippen LogP contribution is 2.37. The molecule has 1 heterocycles. The minimum Gasteiger partial charge on any atom is -0.365 e. The largest absolute Gasteiger partial charge is 0.365 e. The smallest absolute Gasteiger partial charge is 0.114 e. The average molecular weight is 268 g/mol. The highest BCUT2D eigenvalue weighted by atomic mass is 16.6. The Morgan fingerprint density at radius 1 is 0.650 bits per heavy atom. The van der Waals surface area contributed by atoms with Crippen LogP contribution in [0.15, 0.2) is 60.7 Å². The van der Waals surface area contributed by atoms with Crippen molar-refractivity contribution in [3.05, 3.63) is 71.8 Å². The quantitative estimate of drug-likeness (QED) is 0.823. The zero-order valence-electron chi connectivity index (χ0n) is 12.0. The summed E-state index contributed by atoms with van der Waals surface area (Å²) < 4.78 is 12.4. The normalized spacial score (nSPS) is 30.1. The maximum Gasteiger partial charge on any atom is 0.114 e. The van der Waals surface area contributed by atoms with Crippen LogP contribution < -0.4 is 0 Å². The Morgan fingerprint density at radius 3 is 1.30 bits per heavy atom. The number of hydrogen-bond acceptors (Lipinski definition) is 2. The van der Waals surface area contributed by atoms with Crippen molar-refractivity contribution >= 4 is 0 Å². The Morgan fingerprint density at radius 2 is 1.00 bits per heavy atom. The Hall–Kier alpha value is -1.64. The zero-order valence-corrected chi connectivity index (χ0v) is 12.0. The molecular formula is C18H20O2. The fourth-order valence-corrected chi connectivity index (χ4v) is 2.59. The number of hydrogen-bond donors (Lipinski definition) is 0. The summed E-state index contributed by atoms with van der Waals surface area (Å²) in [6.45, 7) is 5.30. The van der Waals surface area contributed by atoms with Gasteiger partial charge in [0.1, 0.15) is 11.2 Å². The van der Waals surface area contributed by atoms with E-state index in [2.05, 4.69) is 38.1 Å². The fourth-order valence-electron chi connectivity index (χ4n) is 2.59. The van der Waals surface area contributed by atoms with E-state index in [4.69, 9.17) is 9.47 Å². The van der Waals surface area contributed by atoms with E-state index in [0.29, 0.717) is 13.2 Å². The summed E-state index contributed by atoms with van der Waals surface area (Å²) in [5.74, 6) is 0. The van der Waals surface area contributed by atoms with E-state index < -0.39 is 0 Å². The molecule has 1 aliphatic rings. The molecule has 2 atom stereocenters. The molecule has 1 fully saturated rings. The van der Waals surface area contributed by atoms with Crippen LogP contribution in [0.4, 0.5) is 0 Å². The molecule has 0 aliphatic carbocycles. The van der Waals surface area contributed by atoms with Crippen molar-refractivity contribution in [3.63, 3.8) is 0 Å². The second kappa shape index (κ2) is 5.04.